The zero-order valence-corrected chi connectivity index (χ0v) is 11.3. The quantitative estimate of drug-likeness (QED) is 0.462. The van der Waals surface area contributed by atoms with Crippen LogP contribution in [0.2, 0.25) is 0 Å². The molecule has 0 amide bonds. The molecule has 0 nitrogen and oxygen atoms in total. The number of halogens is 1. The molecule has 0 heterocycles. The maximum atomic E-state index is 6.12. The molecule has 2 aliphatic rings. The fraction of sp³-hybridized carbons (Fsp3) is 0.867. The molecule has 0 unspecified atom stereocenters. The maximum absolute atomic E-state index is 6.12. The van der Waals surface area contributed by atoms with E-state index in [2.05, 4.69) is 19.1 Å². The van der Waals surface area contributed by atoms with E-state index in [0.29, 0.717) is 5.38 Å². The Kier molecular flexibility index (Phi) is 4.76. The summed E-state index contributed by atoms with van der Waals surface area (Å²) in [6.45, 7) is 2.39. The Bertz CT molecular complexity index is 194. The second kappa shape index (κ2) is 6.10. The third-order valence-corrected chi connectivity index (χ3v) is 4.85. The average Bonchev–Trinajstić information content (AvgIpc) is 2.30. The van der Waals surface area contributed by atoms with Crippen molar-refractivity contribution in [3.63, 3.8) is 0 Å². The SMILES string of the molecule is CC1CCC(/C=C/C2CCC(Cl)CC2)CC1. The van der Waals surface area contributed by atoms with Crippen LogP contribution in [0.4, 0.5) is 0 Å². The zero-order chi connectivity index (χ0) is 11.4. The van der Waals surface area contributed by atoms with E-state index in [4.69, 9.17) is 11.6 Å². The second-order valence-corrected chi connectivity index (χ2v) is 6.53. The van der Waals surface area contributed by atoms with E-state index < -0.39 is 0 Å². The minimum atomic E-state index is 0.459. The molecular weight excluding hydrogens is 216 g/mol. The van der Waals surface area contributed by atoms with Gasteiger partial charge in [0.05, 0.1) is 0 Å². The van der Waals surface area contributed by atoms with Crippen LogP contribution in [0, 0.1) is 17.8 Å². The van der Waals surface area contributed by atoms with Crippen LogP contribution in [0.15, 0.2) is 12.2 Å². The number of rotatable bonds is 2. The molecule has 0 bridgehead atoms. The molecule has 92 valence electrons. The Hall–Kier alpha value is 0.0300. The van der Waals surface area contributed by atoms with E-state index in [1.54, 1.807) is 0 Å². The fourth-order valence-corrected chi connectivity index (χ4v) is 3.32. The van der Waals surface area contributed by atoms with Crippen molar-refractivity contribution in [2.45, 2.75) is 63.7 Å². The van der Waals surface area contributed by atoms with E-state index in [1.807, 2.05) is 0 Å². The molecule has 2 saturated carbocycles. The first-order valence-electron chi connectivity index (χ1n) is 7.06. The number of allylic oxidation sites excluding steroid dienone is 2. The summed E-state index contributed by atoms with van der Waals surface area (Å²) in [6, 6.07) is 0. The van der Waals surface area contributed by atoms with Gasteiger partial charge in [-0.25, -0.2) is 0 Å². The van der Waals surface area contributed by atoms with Crippen molar-refractivity contribution in [2.75, 3.05) is 0 Å². The van der Waals surface area contributed by atoms with Crippen LogP contribution in [0.5, 0.6) is 0 Å². The van der Waals surface area contributed by atoms with Crippen LogP contribution in [0.1, 0.15) is 58.3 Å². The predicted molar refractivity (Wildman–Crippen MR) is 71.9 cm³/mol. The monoisotopic (exact) mass is 240 g/mol. The van der Waals surface area contributed by atoms with Gasteiger partial charge in [-0.3, -0.25) is 0 Å². The highest BCUT2D eigenvalue weighted by atomic mass is 35.5. The van der Waals surface area contributed by atoms with Gasteiger partial charge in [0.15, 0.2) is 0 Å². The predicted octanol–water partition coefficient (Wildman–Crippen LogP) is 5.17. The largest absolute Gasteiger partial charge is 0.123 e. The Morgan fingerprint density at radius 1 is 0.750 bits per heavy atom. The third kappa shape index (κ3) is 3.80. The highest BCUT2D eigenvalue weighted by Crippen LogP contribution is 2.32. The lowest BCUT2D eigenvalue weighted by atomic mass is 9.81. The molecule has 2 fully saturated rings. The van der Waals surface area contributed by atoms with Gasteiger partial charge in [0.25, 0.3) is 0 Å². The van der Waals surface area contributed by atoms with Gasteiger partial charge in [0.2, 0.25) is 0 Å². The summed E-state index contributed by atoms with van der Waals surface area (Å²) >= 11 is 6.12. The van der Waals surface area contributed by atoms with E-state index in [9.17, 15) is 0 Å². The standard InChI is InChI=1S/C15H25Cl/c1-12-2-4-13(5-3-12)6-7-14-8-10-15(16)11-9-14/h6-7,12-15H,2-5,8-11H2,1H3/b7-6+. The highest BCUT2D eigenvalue weighted by Gasteiger charge is 2.19. The third-order valence-electron chi connectivity index (χ3n) is 4.42. The Labute approximate surface area is 105 Å². The van der Waals surface area contributed by atoms with Gasteiger partial charge in [0, 0.05) is 5.38 Å². The van der Waals surface area contributed by atoms with Gasteiger partial charge in [-0.05, 0) is 56.3 Å². The van der Waals surface area contributed by atoms with Crippen molar-refractivity contribution in [1.29, 1.82) is 0 Å². The van der Waals surface area contributed by atoms with Gasteiger partial charge in [0.1, 0.15) is 0 Å². The zero-order valence-electron chi connectivity index (χ0n) is 10.5. The number of hydrogen-bond donors (Lipinski definition) is 0. The molecule has 1 heteroatoms. The Balaban J connectivity index is 1.72. The molecule has 2 aliphatic carbocycles. The van der Waals surface area contributed by atoms with Crippen molar-refractivity contribution in [2.24, 2.45) is 17.8 Å². The Morgan fingerprint density at radius 2 is 1.19 bits per heavy atom. The topological polar surface area (TPSA) is 0 Å². The van der Waals surface area contributed by atoms with Gasteiger partial charge in [-0.15, -0.1) is 11.6 Å². The van der Waals surface area contributed by atoms with E-state index in [1.165, 1.54) is 51.4 Å². The van der Waals surface area contributed by atoms with Gasteiger partial charge in [-0.2, -0.15) is 0 Å². The van der Waals surface area contributed by atoms with Crippen LogP contribution in [-0.2, 0) is 0 Å². The van der Waals surface area contributed by atoms with Gasteiger partial charge < -0.3 is 0 Å². The molecular formula is C15H25Cl. The summed E-state index contributed by atoms with van der Waals surface area (Å²) < 4.78 is 0. The lowest BCUT2D eigenvalue weighted by Crippen LogP contribution is -2.14. The average molecular weight is 241 g/mol. The van der Waals surface area contributed by atoms with Crippen molar-refractivity contribution in [3.8, 4) is 0 Å². The van der Waals surface area contributed by atoms with Gasteiger partial charge >= 0.3 is 0 Å². The van der Waals surface area contributed by atoms with Crippen LogP contribution < -0.4 is 0 Å². The molecule has 0 aliphatic heterocycles. The van der Waals surface area contributed by atoms with E-state index in [-0.39, 0.29) is 0 Å². The first kappa shape index (κ1) is 12.5. The normalized spacial score (nSPS) is 41.4. The van der Waals surface area contributed by atoms with Crippen LogP contribution in [0.3, 0.4) is 0 Å². The van der Waals surface area contributed by atoms with Crippen LogP contribution >= 0.6 is 11.6 Å². The van der Waals surface area contributed by atoms with Crippen LogP contribution in [-0.4, -0.2) is 5.38 Å². The molecule has 16 heavy (non-hydrogen) atoms. The highest BCUT2D eigenvalue weighted by molar-refractivity contribution is 6.20. The molecule has 2 rings (SSSR count). The molecule has 0 radical (unpaired) electrons. The van der Waals surface area contributed by atoms with E-state index in [0.717, 1.165) is 17.8 Å². The van der Waals surface area contributed by atoms with Gasteiger partial charge in [-0.1, -0.05) is 31.9 Å². The van der Waals surface area contributed by atoms with Crippen molar-refractivity contribution < 1.29 is 0 Å². The molecule has 0 N–H and O–H groups in total. The number of hydrogen-bond acceptors (Lipinski definition) is 0. The summed E-state index contributed by atoms with van der Waals surface area (Å²) in [5, 5.41) is 0.459. The molecule has 0 saturated heterocycles. The minimum absolute atomic E-state index is 0.459. The first-order chi connectivity index (χ1) is 7.74. The molecule has 0 aromatic heterocycles. The van der Waals surface area contributed by atoms with Crippen molar-refractivity contribution in [1.82, 2.24) is 0 Å². The lowest BCUT2D eigenvalue weighted by molar-refractivity contribution is 0.328. The van der Waals surface area contributed by atoms with Crippen molar-refractivity contribution in [3.05, 3.63) is 12.2 Å². The summed E-state index contributed by atoms with van der Waals surface area (Å²) in [7, 11) is 0. The Morgan fingerprint density at radius 3 is 1.69 bits per heavy atom. The summed E-state index contributed by atoms with van der Waals surface area (Å²) in [5.41, 5.74) is 0. The summed E-state index contributed by atoms with van der Waals surface area (Å²) in [4.78, 5) is 0. The second-order valence-electron chi connectivity index (χ2n) is 5.92. The molecule has 0 atom stereocenters. The number of alkyl halides is 1. The first-order valence-corrected chi connectivity index (χ1v) is 7.50. The van der Waals surface area contributed by atoms with Crippen LogP contribution in [0.25, 0.3) is 0 Å². The fourth-order valence-electron chi connectivity index (χ4n) is 3.06. The minimum Gasteiger partial charge on any atom is -0.123 e. The summed E-state index contributed by atoms with van der Waals surface area (Å²) in [5.74, 6) is 2.68. The molecule has 0 aromatic carbocycles. The smallest absolute Gasteiger partial charge is 0.0336 e. The molecule has 0 spiro atoms. The lowest BCUT2D eigenvalue weighted by Gasteiger charge is -2.25. The summed E-state index contributed by atoms with van der Waals surface area (Å²) in [6.07, 6.45) is 15.8. The van der Waals surface area contributed by atoms with E-state index >= 15 is 0 Å². The maximum Gasteiger partial charge on any atom is 0.0336 e. The van der Waals surface area contributed by atoms with Crippen molar-refractivity contribution >= 4 is 11.6 Å². The molecule has 0 aromatic rings.